The summed E-state index contributed by atoms with van der Waals surface area (Å²) in [6.07, 6.45) is 0. The largest absolute Gasteiger partial charge is 0.225 e. The molecule has 21 heavy (non-hydrogen) atoms. The summed E-state index contributed by atoms with van der Waals surface area (Å²) in [5, 5.41) is 8.86. The second-order valence-corrected chi connectivity index (χ2v) is 7.71. The quantitative estimate of drug-likeness (QED) is 0.744. The van der Waals surface area contributed by atoms with E-state index < -0.39 is 9.84 Å². The maximum absolute atomic E-state index is 12.4. The van der Waals surface area contributed by atoms with Crippen molar-refractivity contribution in [3.05, 3.63) is 59.7 Å². The van der Waals surface area contributed by atoms with Crippen LogP contribution in [0.4, 0.5) is 0 Å². The van der Waals surface area contributed by atoms with Gasteiger partial charge in [-0.2, -0.15) is 5.26 Å². The molecule has 2 aromatic carbocycles. The molecule has 0 aliphatic rings. The van der Waals surface area contributed by atoms with Gasteiger partial charge < -0.3 is 0 Å². The Bertz CT molecular complexity index is 920. The Morgan fingerprint density at radius 3 is 2.71 bits per heavy atom. The maximum atomic E-state index is 12.4. The van der Waals surface area contributed by atoms with Gasteiger partial charge in [0.1, 0.15) is 0 Å². The van der Waals surface area contributed by atoms with Crippen LogP contribution >= 0.6 is 11.3 Å². The summed E-state index contributed by atoms with van der Waals surface area (Å²) in [5.74, 6) is -0.150. The van der Waals surface area contributed by atoms with Crippen LogP contribution in [0.25, 0.3) is 10.2 Å². The SMILES string of the molecule is N#Cc1cccc(CS(=O)(=O)c2nc3ccccc3s2)c1. The third-order valence-electron chi connectivity index (χ3n) is 2.95. The van der Waals surface area contributed by atoms with E-state index in [9.17, 15) is 8.42 Å². The fraction of sp³-hybridized carbons (Fsp3) is 0.0667. The molecule has 1 heterocycles. The Balaban J connectivity index is 1.98. The summed E-state index contributed by atoms with van der Waals surface area (Å²) in [6.45, 7) is 0. The molecule has 0 unspecified atom stereocenters. The van der Waals surface area contributed by atoms with Crippen molar-refractivity contribution < 1.29 is 8.42 Å². The highest BCUT2D eigenvalue weighted by Crippen LogP contribution is 2.27. The van der Waals surface area contributed by atoms with Crippen LogP contribution in [0, 0.1) is 11.3 Å². The molecule has 0 spiro atoms. The number of thiazole rings is 1. The van der Waals surface area contributed by atoms with Gasteiger partial charge in [-0.3, -0.25) is 0 Å². The Hall–Kier alpha value is -2.23. The van der Waals surface area contributed by atoms with Gasteiger partial charge in [-0.05, 0) is 29.8 Å². The number of nitrogens with zero attached hydrogens (tertiary/aromatic N) is 2. The molecule has 0 radical (unpaired) electrons. The molecule has 0 aliphatic heterocycles. The van der Waals surface area contributed by atoms with E-state index in [0.717, 1.165) is 4.70 Å². The van der Waals surface area contributed by atoms with E-state index in [0.29, 0.717) is 16.6 Å². The van der Waals surface area contributed by atoms with Crippen LogP contribution in [-0.4, -0.2) is 13.4 Å². The average Bonchev–Trinajstić information content (AvgIpc) is 2.92. The molecule has 0 fully saturated rings. The number of hydrogen-bond donors (Lipinski definition) is 0. The minimum absolute atomic E-state index is 0.117. The first kappa shape index (κ1) is 13.7. The van der Waals surface area contributed by atoms with Crippen LogP contribution in [-0.2, 0) is 15.6 Å². The molecule has 104 valence electrons. The third-order valence-corrected chi connectivity index (χ3v) is 6.13. The molecular weight excluding hydrogens is 304 g/mol. The highest BCUT2D eigenvalue weighted by atomic mass is 32.2. The van der Waals surface area contributed by atoms with Gasteiger partial charge in [-0.15, -0.1) is 11.3 Å². The maximum Gasteiger partial charge on any atom is 0.210 e. The number of nitriles is 1. The van der Waals surface area contributed by atoms with Crippen molar-refractivity contribution >= 4 is 31.4 Å². The number of hydrogen-bond acceptors (Lipinski definition) is 5. The van der Waals surface area contributed by atoms with Crippen molar-refractivity contribution in [3.63, 3.8) is 0 Å². The van der Waals surface area contributed by atoms with Gasteiger partial charge in [0.25, 0.3) is 0 Å². The van der Waals surface area contributed by atoms with E-state index in [1.807, 2.05) is 24.3 Å². The number of aromatic nitrogens is 1. The minimum atomic E-state index is -3.50. The number of fused-ring (bicyclic) bond motifs is 1. The fourth-order valence-electron chi connectivity index (χ4n) is 2.00. The molecule has 1 aromatic heterocycles. The molecule has 0 saturated heterocycles. The third kappa shape index (κ3) is 2.79. The lowest BCUT2D eigenvalue weighted by Gasteiger charge is -2.01. The van der Waals surface area contributed by atoms with Crippen molar-refractivity contribution in [2.45, 2.75) is 10.1 Å². The summed E-state index contributed by atoms with van der Waals surface area (Å²) >= 11 is 1.17. The Morgan fingerprint density at radius 2 is 1.95 bits per heavy atom. The highest BCUT2D eigenvalue weighted by Gasteiger charge is 2.20. The number of para-hydroxylation sites is 1. The Morgan fingerprint density at radius 1 is 1.14 bits per heavy atom. The first-order chi connectivity index (χ1) is 10.1. The van der Waals surface area contributed by atoms with Gasteiger partial charge in [-0.25, -0.2) is 13.4 Å². The van der Waals surface area contributed by atoms with Gasteiger partial charge in [0, 0.05) is 0 Å². The minimum Gasteiger partial charge on any atom is -0.225 e. The van der Waals surface area contributed by atoms with E-state index in [1.54, 1.807) is 30.3 Å². The average molecular weight is 314 g/mol. The van der Waals surface area contributed by atoms with E-state index >= 15 is 0 Å². The molecular formula is C15H10N2O2S2. The zero-order valence-electron chi connectivity index (χ0n) is 10.9. The van der Waals surface area contributed by atoms with Crippen LogP contribution in [0.3, 0.4) is 0 Å². The van der Waals surface area contributed by atoms with Crippen LogP contribution in [0.1, 0.15) is 11.1 Å². The number of benzene rings is 2. The van der Waals surface area contributed by atoms with E-state index in [-0.39, 0.29) is 10.1 Å². The van der Waals surface area contributed by atoms with Gasteiger partial charge in [-0.1, -0.05) is 24.3 Å². The standard InChI is InChI=1S/C15H10N2O2S2/c16-9-11-4-3-5-12(8-11)10-21(18,19)15-17-13-6-1-2-7-14(13)20-15/h1-8H,10H2. The van der Waals surface area contributed by atoms with Crippen LogP contribution in [0.15, 0.2) is 52.9 Å². The normalized spacial score (nSPS) is 11.4. The predicted molar refractivity (Wildman–Crippen MR) is 81.7 cm³/mol. The van der Waals surface area contributed by atoms with Gasteiger partial charge in [0.05, 0.1) is 27.6 Å². The Kier molecular flexibility index (Phi) is 3.45. The second-order valence-electron chi connectivity index (χ2n) is 4.52. The number of sulfone groups is 1. The zero-order chi connectivity index (χ0) is 14.9. The van der Waals surface area contributed by atoms with Gasteiger partial charge in [0.2, 0.25) is 14.2 Å². The summed E-state index contributed by atoms with van der Waals surface area (Å²) in [6, 6.07) is 15.9. The monoisotopic (exact) mass is 314 g/mol. The Labute approximate surface area is 126 Å². The van der Waals surface area contributed by atoms with E-state index in [4.69, 9.17) is 5.26 Å². The molecule has 0 saturated carbocycles. The lowest BCUT2D eigenvalue weighted by Crippen LogP contribution is -2.04. The molecule has 0 atom stereocenters. The molecule has 3 aromatic rings. The predicted octanol–water partition coefficient (Wildman–Crippen LogP) is 3.14. The van der Waals surface area contributed by atoms with Crippen LogP contribution in [0.2, 0.25) is 0 Å². The molecule has 0 bridgehead atoms. The first-order valence-corrected chi connectivity index (χ1v) is 8.63. The molecule has 0 aliphatic carbocycles. The second kappa shape index (κ2) is 5.28. The van der Waals surface area contributed by atoms with E-state index in [2.05, 4.69) is 4.98 Å². The van der Waals surface area contributed by atoms with Crippen molar-refractivity contribution in [2.24, 2.45) is 0 Å². The molecule has 6 heteroatoms. The number of rotatable bonds is 3. The lowest BCUT2D eigenvalue weighted by molar-refractivity contribution is 0.594. The topological polar surface area (TPSA) is 70.8 Å². The summed E-state index contributed by atoms with van der Waals surface area (Å²) in [5.41, 5.74) is 1.73. The summed E-state index contributed by atoms with van der Waals surface area (Å²) in [4.78, 5) is 4.19. The zero-order valence-corrected chi connectivity index (χ0v) is 12.5. The van der Waals surface area contributed by atoms with Gasteiger partial charge in [0.15, 0.2) is 0 Å². The lowest BCUT2D eigenvalue weighted by atomic mass is 10.2. The molecule has 4 nitrogen and oxygen atoms in total. The first-order valence-electron chi connectivity index (χ1n) is 6.16. The van der Waals surface area contributed by atoms with Gasteiger partial charge >= 0.3 is 0 Å². The summed E-state index contributed by atoms with van der Waals surface area (Å²) < 4.78 is 25.8. The molecule has 0 amide bonds. The summed E-state index contributed by atoms with van der Waals surface area (Å²) in [7, 11) is -3.50. The highest BCUT2D eigenvalue weighted by molar-refractivity contribution is 7.92. The van der Waals surface area contributed by atoms with Crippen LogP contribution < -0.4 is 0 Å². The van der Waals surface area contributed by atoms with Crippen molar-refractivity contribution in [1.82, 2.24) is 4.98 Å². The van der Waals surface area contributed by atoms with Crippen molar-refractivity contribution in [3.8, 4) is 6.07 Å². The van der Waals surface area contributed by atoms with Crippen LogP contribution in [0.5, 0.6) is 0 Å². The smallest absolute Gasteiger partial charge is 0.210 e. The molecule has 3 rings (SSSR count). The molecule has 0 N–H and O–H groups in total. The van der Waals surface area contributed by atoms with Crippen molar-refractivity contribution in [2.75, 3.05) is 0 Å². The van der Waals surface area contributed by atoms with E-state index in [1.165, 1.54) is 11.3 Å². The van der Waals surface area contributed by atoms with Crippen molar-refractivity contribution in [1.29, 1.82) is 5.26 Å². The fourth-order valence-corrected chi connectivity index (χ4v) is 4.63.